The summed E-state index contributed by atoms with van der Waals surface area (Å²) in [7, 11) is 4.20. The highest BCUT2D eigenvalue weighted by molar-refractivity contribution is 5.84. The molecular formula is C16H22N6. The largest absolute Gasteiger partial charge is 0.361 e. The molecule has 22 heavy (non-hydrogen) atoms. The first kappa shape index (κ1) is 14.7. The van der Waals surface area contributed by atoms with Crippen LogP contribution in [0, 0.1) is 0 Å². The van der Waals surface area contributed by atoms with E-state index in [9.17, 15) is 0 Å². The third-order valence-corrected chi connectivity index (χ3v) is 4.12. The van der Waals surface area contributed by atoms with Crippen molar-refractivity contribution in [3.63, 3.8) is 0 Å². The SMILES string of the molecule is CCC(c1ccc2[nH]cc(CCN(C)C)c2c1)c1nnn[nH]1. The Balaban J connectivity index is 1.95. The number of hydrogen-bond acceptors (Lipinski definition) is 4. The molecule has 1 aromatic carbocycles. The third kappa shape index (κ3) is 2.87. The average molecular weight is 298 g/mol. The van der Waals surface area contributed by atoms with Crippen molar-refractivity contribution in [2.75, 3.05) is 20.6 Å². The molecule has 0 radical (unpaired) electrons. The molecule has 0 bridgehead atoms. The van der Waals surface area contributed by atoms with E-state index in [-0.39, 0.29) is 5.92 Å². The van der Waals surface area contributed by atoms with Gasteiger partial charge < -0.3 is 9.88 Å². The Bertz CT molecular complexity index is 728. The van der Waals surface area contributed by atoms with Crippen molar-refractivity contribution >= 4 is 10.9 Å². The predicted molar refractivity (Wildman–Crippen MR) is 86.9 cm³/mol. The quantitative estimate of drug-likeness (QED) is 0.732. The van der Waals surface area contributed by atoms with Gasteiger partial charge in [-0.25, -0.2) is 5.10 Å². The molecule has 0 aliphatic rings. The van der Waals surface area contributed by atoms with E-state index in [1.165, 1.54) is 22.0 Å². The van der Waals surface area contributed by atoms with Crippen molar-refractivity contribution in [1.82, 2.24) is 30.5 Å². The molecule has 0 aliphatic carbocycles. The molecule has 0 amide bonds. The second-order valence-corrected chi connectivity index (χ2v) is 5.92. The van der Waals surface area contributed by atoms with Crippen LogP contribution in [-0.2, 0) is 6.42 Å². The first-order chi connectivity index (χ1) is 10.7. The second kappa shape index (κ2) is 6.27. The molecule has 6 nitrogen and oxygen atoms in total. The van der Waals surface area contributed by atoms with Gasteiger partial charge in [-0.2, -0.15) is 0 Å². The van der Waals surface area contributed by atoms with Crippen molar-refractivity contribution in [2.45, 2.75) is 25.7 Å². The summed E-state index contributed by atoms with van der Waals surface area (Å²) < 4.78 is 0. The Morgan fingerprint density at radius 3 is 2.82 bits per heavy atom. The van der Waals surface area contributed by atoms with Crippen molar-refractivity contribution in [3.05, 3.63) is 41.3 Å². The lowest BCUT2D eigenvalue weighted by Crippen LogP contribution is -2.14. The van der Waals surface area contributed by atoms with E-state index in [4.69, 9.17) is 0 Å². The average Bonchev–Trinajstić information content (AvgIpc) is 3.15. The van der Waals surface area contributed by atoms with Gasteiger partial charge in [-0.15, -0.1) is 5.10 Å². The van der Waals surface area contributed by atoms with Gasteiger partial charge in [-0.05, 0) is 60.6 Å². The van der Waals surface area contributed by atoms with Crippen LogP contribution >= 0.6 is 0 Å². The molecule has 3 rings (SSSR count). The Labute approximate surface area is 129 Å². The van der Waals surface area contributed by atoms with E-state index in [2.05, 4.69) is 75.9 Å². The Morgan fingerprint density at radius 2 is 2.14 bits per heavy atom. The fourth-order valence-corrected chi connectivity index (χ4v) is 2.86. The van der Waals surface area contributed by atoms with Crippen molar-refractivity contribution < 1.29 is 0 Å². The molecule has 116 valence electrons. The normalized spacial score (nSPS) is 13.1. The molecule has 0 saturated heterocycles. The third-order valence-electron chi connectivity index (χ3n) is 4.12. The van der Waals surface area contributed by atoms with Gasteiger partial charge in [0.15, 0.2) is 5.82 Å². The summed E-state index contributed by atoms with van der Waals surface area (Å²) in [6.07, 6.45) is 4.12. The molecule has 1 atom stereocenters. The number of fused-ring (bicyclic) bond motifs is 1. The number of hydrogen-bond donors (Lipinski definition) is 2. The minimum absolute atomic E-state index is 0.205. The summed E-state index contributed by atoms with van der Waals surface area (Å²) in [6, 6.07) is 6.58. The number of rotatable bonds is 6. The van der Waals surface area contributed by atoms with Crippen molar-refractivity contribution in [1.29, 1.82) is 0 Å². The van der Waals surface area contributed by atoms with Crippen LogP contribution in [0.2, 0.25) is 0 Å². The fourth-order valence-electron chi connectivity index (χ4n) is 2.86. The molecular weight excluding hydrogens is 276 g/mol. The van der Waals surface area contributed by atoms with Gasteiger partial charge in [0.25, 0.3) is 0 Å². The molecule has 0 saturated carbocycles. The highest BCUT2D eigenvalue weighted by Crippen LogP contribution is 2.29. The number of nitrogens with zero attached hydrogens (tertiary/aromatic N) is 4. The van der Waals surface area contributed by atoms with E-state index in [1.807, 2.05) is 0 Å². The highest BCUT2D eigenvalue weighted by Gasteiger charge is 2.17. The number of aromatic nitrogens is 5. The van der Waals surface area contributed by atoms with Gasteiger partial charge in [-0.1, -0.05) is 13.0 Å². The molecule has 3 aromatic rings. The van der Waals surface area contributed by atoms with Crippen molar-refractivity contribution in [3.8, 4) is 0 Å². The zero-order valence-electron chi connectivity index (χ0n) is 13.3. The van der Waals surface area contributed by atoms with Crippen LogP contribution in [0.1, 0.15) is 36.2 Å². The molecule has 2 N–H and O–H groups in total. The van der Waals surface area contributed by atoms with Crippen LogP contribution < -0.4 is 0 Å². The van der Waals surface area contributed by atoms with Gasteiger partial charge in [0.2, 0.25) is 0 Å². The van der Waals surface area contributed by atoms with Crippen LogP contribution in [0.3, 0.4) is 0 Å². The van der Waals surface area contributed by atoms with Gasteiger partial charge >= 0.3 is 0 Å². The van der Waals surface area contributed by atoms with Crippen LogP contribution in [0.25, 0.3) is 10.9 Å². The van der Waals surface area contributed by atoms with Gasteiger partial charge in [0.05, 0.1) is 0 Å². The van der Waals surface area contributed by atoms with Crippen LogP contribution in [-0.4, -0.2) is 51.1 Å². The van der Waals surface area contributed by atoms with E-state index < -0.39 is 0 Å². The van der Waals surface area contributed by atoms with Crippen LogP contribution in [0.15, 0.2) is 24.4 Å². The van der Waals surface area contributed by atoms with Gasteiger partial charge in [-0.3, -0.25) is 0 Å². The standard InChI is InChI=1S/C16H22N6/c1-4-13(16-18-20-21-19-16)11-5-6-15-14(9-11)12(10-17-15)7-8-22(2)3/h5-6,9-10,13,17H,4,7-8H2,1-3H3,(H,18,19,20,21). The number of H-pyrrole nitrogens is 2. The zero-order valence-corrected chi connectivity index (χ0v) is 13.3. The molecule has 2 aromatic heterocycles. The second-order valence-electron chi connectivity index (χ2n) is 5.92. The summed E-state index contributed by atoms with van der Waals surface area (Å²) >= 11 is 0. The number of nitrogens with one attached hydrogen (secondary N) is 2. The minimum Gasteiger partial charge on any atom is -0.361 e. The van der Waals surface area contributed by atoms with E-state index in [0.29, 0.717) is 0 Å². The lowest BCUT2D eigenvalue weighted by molar-refractivity contribution is 0.414. The first-order valence-electron chi connectivity index (χ1n) is 7.67. The van der Waals surface area contributed by atoms with Crippen LogP contribution in [0.5, 0.6) is 0 Å². The smallest absolute Gasteiger partial charge is 0.155 e. The topological polar surface area (TPSA) is 73.5 Å². The molecule has 0 aliphatic heterocycles. The van der Waals surface area contributed by atoms with Gasteiger partial charge in [0, 0.05) is 29.6 Å². The van der Waals surface area contributed by atoms with E-state index >= 15 is 0 Å². The summed E-state index contributed by atoms with van der Waals surface area (Å²) in [4.78, 5) is 5.57. The first-order valence-corrected chi connectivity index (χ1v) is 7.67. The maximum Gasteiger partial charge on any atom is 0.155 e. The molecule has 6 heteroatoms. The monoisotopic (exact) mass is 298 g/mol. The number of benzene rings is 1. The summed E-state index contributed by atoms with van der Waals surface area (Å²) in [6.45, 7) is 3.20. The summed E-state index contributed by atoms with van der Waals surface area (Å²) in [5.74, 6) is 1.03. The van der Waals surface area contributed by atoms with Gasteiger partial charge in [0.1, 0.15) is 0 Å². The molecule has 1 unspecified atom stereocenters. The Kier molecular flexibility index (Phi) is 4.20. The lowest BCUT2D eigenvalue weighted by Gasteiger charge is -2.12. The predicted octanol–water partition coefficient (Wildman–Crippen LogP) is 2.33. The van der Waals surface area contributed by atoms with Crippen LogP contribution in [0.4, 0.5) is 0 Å². The highest BCUT2D eigenvalue weighted by atomic mass is 15.5. The number of aromatic amines is 2. The minimum atomic E-state index is 0.205. The molecule has 0 fully saturated rings. The maximum atomic E-state index is 4.08. The van der Waals surface area contributed by atoms with Crippen molar-refractivity contribution in [2.24, 2.45) is 0 Å². The van der Waals surface area contributed by atoms with E-state index in [1.54, 1.807) is 0 Å². The Morgan fingerprint density at radius 1 is 1.27 bits per heavy atom. The molecule has 0 spiro atoms. The molecule has 2 heterocycles. The fraction of sp³-hybridized carbons (Fsp3) is 0.438. The zero-order chi connectivity index (χ0) is 15.5. The number of tetrazole rings is 1. The lowest BCUT2D eigenvalue weighted by atomic mass is 9.94. The summed E-state index contributed by atoms with van der Waals surface area (Å²) in [5, 5.41) is 15.7. The van der Waals surface area contributed by atoms with E-state index in [0.717, 1.165) is 25.2 Å². The maximum absolute atomic E-state index is 4.08. The number of likely N-dealkylation sites (N-methyl/N-ethyl adjacent to an activating group) is 1. The Hall–Kier alpha value is -2.21. The summed E-state index contributed by atoms with van der Waals surface area (Å²) in [5.41, 5.74) is 3.79.